The summed E-state index contributed by atoms with van der Waals surface area (Å²) < 4.78 is 6.91. The molecule has 7 nitrogen and oxygen atoms in total. The first-order valence-corrected chi connectivity index (χ1v) is 7.82. The highest BCUT2D eigenvalue weighted by atomic mass is 16.5. The fourth-order valence-corrected chi connectivity index (χ4v) is 2.56. The lowest BCUT2D eigenvalue weighted by Crippen LogP contribution is -2.04. The Kier molecular flexibility index (Phi) is 3.53. The van der Waals surface area contributed by atoms with E-state index in [1.807, 2.05) is 62.4 Å². The molecule has 4 rings (SSSR count). The van der Waals surface area contributed by atoms with Crippen LogP contribution in [0, 0.1) is 13.8 Å². The minimum absolute atomic E-state index is 0.243. The number of anilines is 1. The third-order valence-corrected chi connectivity index (χ3v) is 3.99. The number of aromatic nitrogens is 5. The average molecular weight is 332 g/mol. The molecule has 4 aromatic rings. The van der Waals surface area contributed by atoms with Crippen molar-refractivity contribution in [2.45, 2.75) is 13.8 Å². The van der Waals surface area contributed by atoms with Gasteiger partial charge in [0.05, 0.1) is 5.69 Å². The van der Waals surface area contributed by atoms with Crippen LogP contribution in [-0.2, 0) is 0 Å². The molecule has 7 heteroatoms. The maximum Gasteiger partial charge on any atom is 0.282 e. The SMILES string of the molecule is Cc1ccc(-c2noc(-c3nnn(-c4ccccc4C)c3N)n2)cc1. The van der Waals surface area contributed by atoms with Crippen molar-refractivity contribution in [3.8, 4) is 28.7 Å². The number of aryl methyl sites for hydroxylation is 2. The van der Waals surface area contributed by atoms with Crippen LogP contribution in [0.5, 0.6) is 0 Å². The lowest BCUT2D eigenvalue weighted by atomic mass is 10.1. The molecule has 0 saturated heterocycles. The number of nitrogens with two attached hydrogens (primary N) is 1. The molecule has 0 unspecified atom stereocenters. The highest BCUT2D eigenvalue weighted by molar-refractivity contribution is 5.66. The largest absolute Gasteiger partial charge is 0.382 e. The quantitative estimate of drug-likeness (QED) is 0.619. The Hall–Kier alpha value is -3.48. The van der Waals surface area contributed by atoms with Crippen LogP contribution in [0.4, 0.5) is 5.82 Å². The summed E-state index contributed by atoms with van der Waals surface area (Å²) in [6, 6.07) is 15.7. The maximum absolute atomic E-state index is 6.21. The van der Waals surface area contributed by atoms with E-state index in [2.05, 4.69) is 20.5 Å². The second kappa shape index (κ2) is 5.86. The van der Waals surface area contributed by atoms with Gasteiger partial charge in [0, 0.05) is 5.56 Å². The minimum atomic E-state index is 0.243. The van der Waals surface area contributed by atoms with Gasteiger partial charge < -0.3 is 10.3 Å². The molecule has 2 aromatic heterocycles. The lowest BCUT2D eigenvalue weighted by Gasteiger charge is -2.05. The topological polar surface area (TPSA) is 95.7 Å². The maximum atomic E-state index is 6.21. The number of benzene rings is 2. The fourth-order valence-electron chi connectivity index (χ4n) is 2.56. The van der Waals surface area contributed by atoms with Crippen molar-refractivity contribution in [2.24, 2.45) is 0 Å². The number of hydrogen-bond donors (Lipinski definition) is 1. The molecule has 25 heavy (non-hydrogen) atoms. The van der Waals surface area contributed by atoms with E-state index in [0.717, 1.165) is 22.4 Å². The van der Waals surface area contributed by atoms with E-state index in [4.69, 9.17) is 10.3 Å². The van der Waals surface area contributed by atoms with Crippen LogP contribution in [0.15, 0.2) is 53.1 Å². The molecule has 2 aromatic carbocycles. The summed E-state index contributed by atoms with van der Waals surface area (Å²) in [6.07, 6.45) is 0. The standard InChI is InChI=1S/C18H16N6O/c1-11-7-9-13(10-8-11)17-20-18(25-22-17)15-16(19)24(23-21-15)14-6-4-3-5-12(14)2/h3-10H,19H2,1-2H3. The first-order valence-electron chi connectivity index (χ1n) is 7.82. The van der Waals surface area contributed by atoms with Gasteiger partial charge in [0.15, 0.2) is 11.5 Å². The van der Waals surface area contributed by atoms with Crippen LogP contribution < -0.4 is 5.73 Å². The Balaban J connectivity index is 1.72. The summed E-state index contributed by atoms with van der Waals surface area (Å²) >= 11 is 0. The summed E-state index contributed by atoms with van der Waals surface area (Å²) in [5.74, 6) is 1.08. The van der Waals surface area contributed by atoms with Crippen LogP contribution >= 0.6 is 0 Å². The van der Waals surface area contributed by atoms with Crippen LogP contribution in [0.3, 0.4) is 0 Å². The van der Waals surface area contributed by atoms with Gasteiger partial charge in [0.2, 0.25) is 5.82 Å². The molecule has 124 valence electrons. The summed E-state index contributed by atoms with van der Waals surface area (Å²) in [6.45, 7) is 4.01. The van der Waals surface area contributed by atoms with E-state index in [1.165, 1.54) is 0 Å². The van der Waals surface area contributed by atoms with Crippen molar-refractivity contribution in [3.05, 3.63) is 59.7 Å². The van der Waals surface area contributed by atoms with Crippen LogP contribution in [-0.4, -0.2) is 25.1 Å². The molecule has 0 spiro atoms. The van der Waals surface area contributed by atoms with E-state index < -0.39 is 0 Å². The average Bonchev–Trinajstić information content (AvgIpc) is 3.23. The number of nitrogen functional groups attached to an aromatic ring is 1. The summed E-state index contributed by atoms with van der Waals surface area (Å²) in [5, 5.41) is 12.3. The molecule has 0 aliphatic heterocycles. The monoisotopic (exact) mass is 332 g/mol. The molecule has 0 radical (unpaired) electrons. The first-order chi connectivity index (χ1) is 12.1. The second-order valence-corrected chi connectivity index (χ2v) is 5.81. The number of nitrogens with zero attached hydrogens (tertiary/aromatic N) is 5. The molecule has 2 heterocycles. The molecule has 0 amide bonds. The van der Waals surface area contributed by atoms with Crippen LogP contribution in [0.25, 0.3) is 28.7 Å². The van der Waals surface area contributed by atoms with Crippen molar-refractivity contribution >= 4 is 5.82 Å². The van der Waals surface area contributed by atoms with Gasteiger partial charge in [-0.05, 0) is 25.5 Å². The molecule has 0 aliphatic rings. The van der Waals surface area contributed by atoms with Gasteiger partial charge in [-0.2, -0.15) is 9.67 Å². The Morgan fingerprint density at radius 2 is 1.76 bits per heavy atom. The second-order valence-electron chi connectivity index (χ2n) is 5.81. The highest BCUT2D eigenvalue weighted by Gasteiger charge is 2.20. The van der Waals surface area contributed by atoms with Crippen molar-refractivity contribution in [1.29, 1.82) is 0 Å². The van der Waals surface area contributed by atoms with Gasteiger partial charge in [-0.15, -0.1) is 5.10 Å². The minimum Gasteiger partial charge on any atom is -0.382 e. The fraction of sp³-hybridized carbons (Fsp3) is 0.111. The Morgan fingerprint density at radius 1 is 1.00 bits per heavy atom. The van der Waals surface area contributed by atoms with E-state index in [9.17, 15) is 0 Å². The van der Waals surface area contributed by atoms with Gasteiger partial charge in [0.25, 0.3) is 5.89 Å². The van der Waals surface area contributed by atoms with E-state index in [1.54, 1.807) is 4.68 Å². The zero-order chi connectivity index (χ0) is 17.4. The molecule has 0 atom stereocenters. The Bertz CT molecular complexity index is 1030. The number of hydrogen-bond acceptors (Lipinski definition) is 6. The lowest BCUT2D eigenvalue weighted by molar-refractivity contribution is 0.431. The molecule has 0 bridgehead atoms. The van der Waals surface area contributed by atoms with Gasteiger partial charge >= 0.3 is 0 Å². The smallest absolute Gasteiger partial charge is 0.282 e. The molecule has 2 N–H and O–H groups in total. The van der Waals surface area contributed by atoms with Gasteiger partial charge in [-0.3, -0.25) is 0 Å². The first kappa shape index (κ1) is 15.1. The Morgan fingerprint density at radius 3 is 2.52 bits per heavy atom. The van der Waals surface area contributed by atoms with E-state index >= 15 is 0 Å². The number of para-hydroxylation sites is 1. The van der Waals surface area contributed by atoms with Crippen LogP contribution in [0.1, 0.15) is 11.1 Å². The predicted octanol–water partition coefficient (Wildman–Crippen LogP) is 3.18. The van der Waals surface area contributed by atoms with Crippen molar-refractivity contribution in [3.63, 3.8) is 0 Å². The highest BCUT2D eigenvalue weighted by Crippen LogP contribution is 2.27. The van der Waals surface area contributed by atoms with Crippen molar-refractivity contribution in [2.75, 3.05) is 5.73 Å². The van der Waals surface area contributed by atoms with Crippen LogP contribution in [0.2, 0.25) is 0 Å². The molecule has 0 aliphatic carbocycles. The van der Waals surface area contributed by atoms with Gasteiger partial charge in [-0.25, -0.2) is 0 Å². The number of rotatable bonds is 3. The summed E-state index contributed by atoms with van der Waals surface area (Å²) in [7, 11) is 0. The van der Waals surface area contributed by atoms with E-state index in [0.29, 0.717) is 17.3 Å². The third kappa shape index (κ3) is 2.65. The van der Waals surface area contributed by atoms with Crippen molar-refractivity contribution in [1.82, 2.24) is 25.1 Å². The molecule has 0 saturated carbocycles. The van der Waals surface area contributed by atoms with Crippen molar-refractivity contribution < 1.29 is 4.52 Å². The van der Waals surface area contributed by atoms with Gasteiger partial charge in [0.1, 0.15) is 0 Å². The summed E-state index contributed by atoms with van der Waals surface area (Å²) in [4.78, 5) is 4.40. The molecular weight excluding hydrogens is 316 g/mol. The summed E-state index contributed by atoms with van der Waals surface area (Å²) in [5.41, 5.74) is 10.5. The normalized spacial score (nSPS) is 11.0. The molecular formula is C18H16N6O. The molecule has 0 fully saturated rings. The Labute approximate surface area is 144 Å². The predicted molar refractivity (Wildman–Crippen MR) is 94.0 cm³/mol. The zero-order valence-electron chi connectivity index (χ0n) is 13.8. The van der Waals surface area contributed by atoms with E-state index in [-0.39, 0.29) is 5.89 Å². The van der Waals surface area contributed by atoms with Gasteiger partial charge in [-0.1, -0.05) is 58.4 Å². The third-order valence-electron chi connectivity index (χ3n) is 3.99. The zero-order valence-corrected chi connectivity index (χ0v) is 13.8.